The fourth-order valence-corrected chi connectivity index (χ4v) is 3.63. The minimum Gasteiger partial charge on any atom is -0.329 e. The highest BCUT2D eigenvalue weighted by atomic mass is 35.5. The van der Waals surface area contributed by atoms with E-state index in [1.165, 1.54) is 25.7 Å². The van der Waals surface area contributed by atoms with Crippen LogP contribution < -0.4 is 5.73 Å². The molecule has 112 valence electrons. The van der Waals surface area contributed by atoms with Crippen molar-refractivity contribution in [1.82, 2.24) is 4.90 Å². The molecule has 0 radical (unpaired) electrons. The maximum atomic E-state index is 6.33. The number of nitrogens with zero attached hydrogens (tertiary/aromatic N) is 1. The quantitative estimate of drug-likeness (QED) is 0.866. The summed E-state index contributed by atoms with van der Waals surface area (Å²) in [5.74, 6) is 0.879. The number of rotatable bonds is 5. The van der Waals surface area contributed by atoms with Gasteiger partial charge in [0.1, 0.15) is 0 Å². The van der Waals surface area contributed by atoms with Crippen molar-refractivity contribution in [1.29, 1.82) is 0 Å². The van der Waals surface area contributed by atoms with Crippen LogP contribution in [0.4, 0.5) is 0 Å². The maximum absolute atomic E-state index is 6.33. The lowest BCUT2D eigenvalue weighted by molar-refractivity contribution is 0.132. The molecular weight excluding hydrogens is 291 g/mol. The van der Waals surface area contributed by atoms with Gasteiger partial charge in [0.15, 0.2) is 0 Å². The van der Waals surface area contributed by atoms with E-state index in [1.54, 1.807) is 0 Å². The van der Waals surface area contributed by atoms with Crippen LogP contribution in [0, 0.1) is 5.92 Å². The number of benzene rings is 1. The summed E-state index contributed by atoms with van der Waals surface area (Å²) in [6.07, 6.45) is 5.16. The van der Waals surface area contributed by atoms with Crippen molar-refractivity contribution in [3.63, 3.8) is 0 Å². The third-order valence-corrected chi connectivity index (χ3v) is 4.91. The third-order valence-electron chi connectivity index (χ3n) is 4.33. The molecule has 1 aromatic carbocycles. The molecule has 1 unspecified atom stereocenters. The second-order valence-corrected chi connectivity index (χ2v) is 6.53. The maximum Gasteiger partial charge on any atom is 0.0485 e. The Hall–Kier alpha value is -0.280. The van der Waals surface area contributed by atoms with Gasteiger partial charge >= 0.3 is 0 Å². The van der Waals surface area contributed by atoms with Crippen molar-refractivity contribution >= 4 is 23.2 Å². The number of nitrogens with two attached hydrogens (primary N) is 1. The number of piperidine rings is 1. The number of halogens is 2. The molecule has 20 heavy (non-hydrogen) atoms. The predicted molar refractivity (Wildman–Crippen MR) is 87.5 cm³/mol. The molecule has 1 heterocycles. The zero-order valence-electron chi connectivity index (χ0n) is 12.1. The summed E-state index contributed by atoms with van der Waals surface area (Å²) in [6.45, 7) is 5.06. The molecule has 0 spiro atoms. The van der Waals surface area contributed by atoms with Crippen molar-refractivity contribution in [2.45, 2.75) is 38.6 Å². The molecule has 1 fully saturated rings. The highest BCUT2D eigenvalue weighted by Crippen LogP contribution is 2.33. The highest BCUT2D eigenvalue weighted by Gasteiger charge is 2.26. The monoisotopic (exact) mass is 314 g/mol. The van der Waals surface area contributed by atoms with Crippen LogP contribution >= 0.6 is 23.2 Å². The molecule has 0 aromatic heterocycles. The van der Waals surface area contributed by atoms with Crippen molar-refractivity contribution < 1.29 is 0 Å². The lowest BCUT2D eigenvalue weighted by Crippen LogP contribution is -2.40. The van der Waals surface area contributed by atoms with Crippen molar-refractivity contribution in [2.75, 3.05) is 19.6 Å². The molecule has 1 aliphatic rings. The Morgan fingerprint density at radius 3 is 2.60 bits per heavy atom. The molecule has 0 aliphatic carbocycles. The Morgan fingerprint density at radius 1 is 1.30 bits per heavy atom. The van der Waals surface area contributed by atoms with E-state index in [2.05, 4.69) is 11.8 Å². The van der Waals surface area contributed by atoms with Crippen molar-refractivity contribution in [3.8, 4) is 0 Å². The van der Waals surface area contributed by atoms with E-state index in [-0.39, 0.29) is 6.04 Å². The molecule has 4 heteroatoms. The molecule has 2 nitrogen and oxygen atoms in total. The van der Waals surface area contributed by atoms with Gasteiger partial charge in [-0.1, -0.05) is 43.0 Å². The first-order valence-electron chi connectivity index (χ1n) is 7.54. The molecule has 0 bridgehead atoms. The third kappa shape index (κ3) is 3.88. The van der Waals surface area contributed by atoms with Crippen LogP contribution in [-0.4, -0.2) is 24.5 Å². The van der Waals surface area contributed by atoms with Gasteiger partial charge in [-0.05, 0) is 55.6 Å². The van der Waals surface area contributed by atoms with Crippen LogP contribution in [0.5, 0.6) is 0 Å². The minimum atomic E-state index is 0.184. The fourth-order valence-electron chi connectivity index (χ4n) is 3.20. The van der Waals surface area contributed by atoms with E-state index in [4.69, 9.17) is 28.9 Å². The normalized spacial score (nSPS) is 19.2. The zero-order chi connectivity index (χ0) is 14.5. The summed E-state index contributed by atoms with van der Waals surface area (Å²) in [7, 11) is 0. The standard InChI is InChI=1S/C16H24Cl2N2/c1-2-3-12-6-8-20(9-7-12)16(11-19)14-10-13(17)4-5-15(14)18/h4-5,10,12,16H,2-3,6-9,11,19H2,1H3. The van der Waals surface area contributed by atoms with E-state index < -0.39 is 0 Å². The second kappa shape index (κ2) is 7.65. The highest BCUT2D eigenvalue weighted by molar-refractivity contribution is 6.33. The molecule has 0 saturated carbocycles. The van der Waals surface area contributed by atoms with Crippen LogP contribution in [0.15, 0.2) is 18.2 Å². The summed E-state index contributed by atoms with van der Waals surface area (Å²) in [5, 5.41) is 1.49. The molecule has 2 rings (SSSR count). The number of likely N-dealkylation sites (tertiary alicyclic amines) is 1. The summed E-state index contributed by atoms with van der Waals surface area (Å²) in [6, 6.07) is 5.84. The summed E-state index contributed by atoms with van der Waals surface area (Å²) < 4.78 is 0. The van der Waals surface area contributed by atoms with Crippen LogP contribution in [0.25, 0.3) is 0 Å². The first-order chi connectivity index (χ1) is 9.65. The first kappa shape index (κ1) is 16.1. The lowest BCUT2D eigenvalue weighted by Gasteiger charge is -2.37. The first-order valence-corrected chi connectivity index (χ1v) is 8.30. The Balaban J connectivity index is 2.07. The average molecular weight is 315 g/mol. The molecule has 2 N–H and O–H groups in total. The Bertz CT molecular complexity index is 428. The Kier molecular flexibility index (Phi) is 6.16. The van der Waals surface area contributed by atoms with Crippen LogP contribution in [0.2, 0.25) is 10.0 Å². The molecule has 1 atom stereocenters. The molecule has 1 saturated heterocycles. The summed E-state index contributed by atoms with van der Waals surface area (Å²) in [5.41, 5.74) is 7.07. The van der Waals surface area contributed by atoms with E-state index in [1.807, 2.05) is 18.2 Å². The lowest BCUT2D eigenvalue weighted by atomic mass is 9.91. The van der Waals surface area contributed by atoms with Crippen LogP contribution in [0.1, 0.15) is 44.2 Å². The molecule has 1 aliphatic heterocycles. The summed E-state index contributed by atoms with van der Waals surface area (Å²) >= 11 is 12.4. The smallest absolute Gasteiger partial charge is 0.0485 e. The van der Waals surface area contributed by atoms with Crippen molar-refractivity contribution in [2.24, 2.45) is 11.7 Å². The largest absolute Gasteiger partial charge is 0.329 e. The minimum absolute atomic E-state index is 0.184. The zero-order valence-corrected chi connectivity index (χ0v) is 13.6. The van der Waals surface area contributed by atoms with Gasteiger partial charge in [-0.3, -0.25) is 4.90 Å². The second-order valence-electron chi connectivity index (χ2n) is 5.69. The average Bonchev–Trinajstić information content (AvgIpc) is 2.45. The SMILES string of the molecule is CCCC1CCN(C(CN)c2cc(Cl)ccc2Cl)CC1. The predicted octanol–water partition coefficient (Wildman–Crippen LogP) is 4.51. The van der Waals surface area contributed by atoms with E-state index in [0.717, 1.165) is 34.6 Å². The van der Waals surface area contributed by atoms with Crippen molar-refractivity contribution in [3.05, 3.63) is 33.8 Å². The number of hydrogen-bond acceptors (Lipinski definition) is 2. The summed E-state index contributed by atoms with van der Waals surface area (Å²) in [4.78, 5) is 2.46. The van der Waals surface area contributed by atoms with Gasteiger partial charge in [0.25, 0.3) is 0 Å². The number of hydrogen-bond donors (Lipinski definition) is 1. The van der Waals surface area contributed by atoms with Gasteiger partial charge in [0.2, 0.25) is 0 Å². The van der Waals surface area contributed by atoms with Crippen LogP contribution in [-0.2, 0) is 0 Å². The fraction of sp³-hybridized carbons (Fsp3) is 0.625. The van der Waals surface area contributed by atoms with E-state index >= 15 is 0 Å². The molecule has 0 amide bonds. The van der Waals surface area contributed by atoms with E-state index in [9.17, 15) is 0 Å². The van der Waals surface area contributed by atoms with Gasteiger partial charge in [0, 0.05) is 22.6 Å². The van der Waals surface area contributed by atoms with Gasteiger partial charge in [0.05, 0.1) is 0 Å². The van der Waals surface area contributed by atoms with E-state index in [0.29, 0.717) is 6.54 Å². The topological polar surface area (TPSA) is 29.3 Å². The molecular formula is C16H24Cl2N2. The van der Waals surface area contributed by atoms with Gasteiger partial charge < -0.3 is 5.73 Å². The van der Waals surface area contributed by atoms with Gasteiger partial charge in [-0.15, -0.1) is 0 Å². The Morgan fingerprint density at radius 2 is 2.00 bits per heavy atom. The molecule has 1 aromatic rings. The van der Waals surface area contributed by atoms with Gasteiger partial charge in [-0.25, -0.2) is 0 Å². The van der Waals surface area contributed by atoms with Crippen LogP contribution in [0.3, 0.4) is 0 Å². The van der Waals surface area contributed by atoms with Gasteiger partial charge in [-0.2, -0.15) is 0 Å². The Labute approximate surface area is 132 Å².